The van der Waals surface area contributed by atoms with Crippen LogP contribution in [0.25, 0.3) is 10.9 Å². The molecule has 1 aromatic heterocycles. The van der Waals surface area contributed by atoms with E-state index in [0.717, 1.165) is 10.9 Å². The number of fused-ring (bicyclic) bond motifs is 1. The Kier molecular flexibility index (Phi) is 8.25. The molecule has 0 spiro atoms. The highest BCUT2D eigenvalue weighted by Gasteiger charge is 2.17. The zero-order chi connectivity index (χ0) is 24.1. The van der Waals surface area contributed by atoms with Gasteiger partial charge in [-0.15, -0.1) is 0 Å². The molecule has 0 aliphatic rings. The predicted octanol–water partition coefficient (Wildman–Crippen LogP) is 5.18. The van der Waals surface area contributed by atoms with Crippen LogP contribution in [0.4, 0.5) is 0 Å². The SMILES string of the molecule is CCOc1cc(C=Nn2c([C@H](C)CC)nc3ccc(Br)cc3c2=O)cc(Br)c1OCC(=O)O. The Bertz CT molecular complexity index is 1270. The van der Waals surface area contributed by atoms with Crippen molar-refractivity contribution in [2.24, 2.45) is 5.10 Å². The van der Waals surface area contributed by atoms with Gasteiger partial charge >= 0.3 is 5.97 Å². The molecule has 0 aliphatic heterocycles. The fourth-order valence-electron chi connectivity index (χ4n) is 3.10. The lowest BCUT2D eigenvalue weighted by Gasteiger charge is -2.15. The lowest BCUT2D eigenvalue weighted by atomic mass is 10.1. The van der Waals surface area contributed by atoms with Crippen LogP contribution in [0.2, 0.25) is 0 Å². The molecular weight excluding hydrogens is 558 g/mol. The lowest BCUT2D eigenvalue weighted by molar-refractivity contribution is -0.139. The van der Waals surface area contributed by atoms with Crippen molar-refractivity contribution in [1.29, 1.82) is 0 Å². The fraction of sp³-hybridized carbons (Fsp3) is 0.304. The number of halogens is 2. The maximum Gasteiger partial charge on any atom is 0.341 e. The summed E-state index contributed by atoms with van der Waals surface area (Å²) in [4.78, 5) is 28.9. The molecule has 3 rings (SSSR count). The van der Waals surface area contributed by atoms with E-state index >= 15 is 0 Å². The molecule has 0 aliphatic carbocycles. The maximum absolute atomic E-state index is 13.3. The summed E-state index contributed by atoms with van der Waals surface area (Å²) in [6.07, 6.45) is 2.33. The second-order valence-corrected chi connectivity index (χ2v) is 9.02. The van der Waals surface area contributed by atoms with Crippen LogP contribution in [0.1, 0.15) is 44.5 Å². The quantitative estimate of drug-likeness (QED) is 0.350. The van der Waals surface area contributed by atoms with Gasteiger partial charge in [-0.05, 0) is 65.2 Å². The van der Waals surface area contributed by atoms with E-state index in [2.05, 4.69) is 37.0 Å². The Labute approximate surface area is 207 Å². The number of nitrogens with zero attached hydrogens (tertiary/aromatic N) is 3. The van der Waals surface area contributed by atoms with Crippen LogP contribution in [0.5, 0.6) is 11.5 Å². The first kappa shape index (κ1) is 24.9. The first-order valence-corrected chi connectivity index (χ1v) is 11.9. The summed E-state index contributed by atoms with van der Waals surface area (Å²) in [5.74, 6) is 0.137. The van der Waals surface area contributed by atoms with Crippen molar-refractivity contribution in [3.63, 3.8) is 0 Å². The summed E-state index contributed by atoms with van der Waals surface area (Å²) in [5.41, 5.74) is 0.981. The molecule has 3 aromatic rings. The summed E-state index contributed by atoms with van der Waals surface area (Å²) < 4.78 is 13.6. The Balaban J connectivity index is 2.10. The van der Waals surface area contributed by atoms with Crippen LogP contribution < -0.4 is 15.0 Å². The number of carboxylic acids is 1. The minimum absolute atomic E-state index is 0.0143. The molecule has 0 saturated carbocycles. The Morgan fingerprint density at radius 1 is 1.24 bits per heavy atom. The van der Waals surface area contributed by atoms with Gasteiger partial charge in [-0.2, -0.15) is 9.78 Å². The van der Waals surface area contributed by atoms with Gasteiger partial charge in [0.15, 0.2) is 18.1 Å². The standard InChI is InChI=1S/C23H23Br2N3O5/c1-4-13(3)22-27-18-7-6-15(24)10-16(18)23(31)28(22)26-11-14-8-17(25)21(33-12-20(29)30)19(9-14)32-5-2/h6-11,13H,4-5,12H2,1-3H3,(H,29,30)/t13-/m1/s1. The molecular formula is C23H23Br2N3O5. The van der Waals surface area contributed by atoms with Crippen LogP contribution in [0.3, 0.4) is 0 Å². The molecule has 0 unspecified atom stereocenters. The van der Waals surface area contributed by atoms with Crippen molar-refractivity contribution in [3.05, 3.63) is 61.0 Å². The van der Waals surface area contributed by atoms with Gasteiger partial charge in [0.05, 0.1) is 28.2 Å². The molecule has 10 heteroatoms. The molecule has 33 heavy (non-hydrogen) atoms. The molecule has 0 fully saturated rings. The first-order chi connectivity index (χ1) is 15.7. The van der Waals surface area contributed by atoms with Gasteiger partial charge in [-0.25, -0.2) is 9.78 Å². The van der Waals surface area contributed by atoms with Crippen molar-refractivity contribution >= 4 is 54.9 Å². The molecule has 174 valence electrons. The number of ether oxygens (including phenoxy) is 2. The van der Waals surface area contributed by atoms with Crippen molar-refractivity contribution in [2.75, 3.05) is 13.2 Å². The van der Waals surface area contributed by atoms with Gasteiger partial charge in [0.2, 0.25) is 0 Å². The molecule has 0 saturated heterocycles. The van der Waals surface area contributed by atoms with Crippen LogP contribution in [-0.4, -0.2) is 40.2 Å². The predicted molar refractivity (Wildman–Crippen MR) is 134 cm³/mol. The van der Waals surface area contributed by atoms with Crippen molar-refractivity contribution < 1.29 is 19.4 Å². The minimum atomic E-state index is -1.10. The summed E-state index contributed by atoms with van der Waals surface area (Å²) in [5, 5.41) is 13.8. The number of rotatable bonds is 9. The molecule has 1 heterocycles. The number of carboxylic acid groups (broad SMARTS) is 1. The maximum atomic E-state index is 13.3. The summed E-state index contributed by atoms with van der Waals surface area (Å²) >= 11 is 6.81. The van der Waals surface area contributed by atoms with Crippen molar-refractivity contribution in [2.45, 2.75) is 33.1 Å². The highest BCUT2D eigenvalue weighted by atomic mass is 79.9. The van der Waals surface area contributed by atoms with E-state index in [1.54, 1.807) is 18.2 Å². The largest absolute Gasteiger partial charge is 0.490 e. The van der Waals surface area contributed by atoms with Crippen LogP contribution in [0, 0.1) is 0 Å². The molecule has 1 atom stereocenters. The average molecular weight is 581 g/mol. The van der Waals surface area contributed by atoms with Crippen LogP contribution in [-0.2, 0) is 4.79 Å². The third kappa shape index (κ3) is 5.80. The second-order valence-electron chi connectivity index (χ2n) is 7.25. The van der Waals surface area contributed by atoms with Gasteiger partial charge in [-0.3, -0.25) is 4.79 Å². The van der Waals surface area contributed by atoms with Gasteiger partial charge in [0.25, 0.3) is 5.56 Å². The molecule has 0 amide bonds. The highest BCUT2D eigenvalue weighted by Crippen LogP contribution is 2.36. The van der Waals surface area contributed by atoms with E-state index in [4.69, 9.17) is 19.6 Å². The van der Waals surface area contributed by atoms with Gasteiger partial charge in [0.1, 0.15) is 5.82 Å². The zero-order valence-corrected chi connectivity index (χ0v) is 21.5. The van der Waals surface area contributed by atoms with Crippen molar-refractivity contribution in [3.8, 4) is 11.5 Å². The number of carbonyl (C=O) groups is 1. The molecule has 1 N–H and O–H groups in total. The van der Waals surface area contributed by atoms with Gasteiger partial charge in [-0.1, -0.05) is 29.8 Å². The monoisotopic (exact) mass is 579 g/mol. The normalized spacial score (nSPS) is 12.3. The Hall–Kier alpha value is -2.72. The fourth-order valence-corrected chi connectivity index (χ4v) is 4.04. The van der Waals surface area contributed by atoms with Gasteiger partial charge < -0.3 is 14.6 Å². The van der Waals surface area contributed by atoms with E-state index < -0.39 is 12.6 Å². The van der Waals surface area contributed by atoms with E-state index in [-0.39, 0.29) is 17.2 Å². The van der Waals surface area contributed by atoms with Crippen LogP contribution >= 0.6 is 31.9 Å². The Morgan fingerprint density at radius 2 is 2.00 bits per heavy atom. The lowest BCUT2D eigenvalue weighted by Crippen LogP contribution is -2.23. The molecule has 0 bridgehead atoms. The van der Waals surface area contributed by atoms with Crippen molar-refractivity contribution in [1.82, 2.24) is 9.66 Å². The van der Waals surface area contributed by atoms with E-state index in [1.165, 1.54) is 10.9 Å². The number of hydrogen-bond acceptors (Lipinski definition) is 6. The molecule has 0 radical (unpaired) electrons. The van der Waals surface area contributed by atoms with E-state index in [9.17, 15) is 9.59 Å². The second kappa shape index (κ2) is 10.9. The Morgan fingerprint density at radius 3 is 2.67 bits per heavy atom. The van der Waals surface area contributed by atoms with E-state index in [1.807, 2.05) is 32.9 Å². The number of aliphatic carboxylic acids is 1. The number of hydrogen-bond donors (Lipinski definition) is 1. The summed E-state index contributed by atoms with van der Waals surface area (Å²) in [6, 6.07) is 8.78. The third-order valence-electron chi connectivity index (χ3n) is 4.88. The molecule has 2 aromatic carbocycles. The number of benzene rings is 2. The first-order valence-electron chi connectivity index (χ1n) is 10.3. The topological polar surface area (TPSA) is 103 Å². The summed E-state index contributed by atoms with van der Waals surface area (Å²) in [7, 11) is 0. The van der Waals surface area contributed by atoms with E-state index in [0.29, 0.717) is 39.1 Å². The smallest absolute Gasteiger partial charge is 0.341 e. The minimum Gasteiger partial charge on any atom is -0.490 e. The third-order valence-corrected chi connectivity index (χ3v) is 5.96. The highest BCUT2D eigenvalue weighted by molar-refractivity contribution is 9.10. The van der Waals surface area contributed by atoms with Crippen LogP contribution in [0.15, 0.2) is 49.2 Å². The van der Waals surface area contributed by atoms with Gasteiger partial charge in [0, 0.05) is 10.4 Å². The summed E-state index contributed by atoms with van der Waals surface area (Å²) in [6.45, 7) is 5.69. The molecule has 8 nitrogen and oxygen atoms in total. The number of aromatic nitrogens is 2. The zero-order valence-electron chi connectivity index (χ0n) is 18.3. The average Bonchev–Trinajstić information content (AvgIpc) is 2.77.